The third-order valence-electron chi connectivity index (χ3n) is 4.15. The van der Waals surface area contributed by atoms with Crippen LogP contribution in [0.2, 0.25) is 0 Å². The van der Waals surface area contributed by atoms with Crippen LogP contribution in [0.3, 0.4) is 0 Å². The molecule has 1 aromatic heterocycles. The van der Waals surface area contributed by atoms with Crippen molar-refractivity contribution in [1.82, 2.24) is 10.6 Å². The van der Waals surface area contributed by atoms with Crippen molar-refractivity contribution in [1.29, 1.82) is 0 Å². The van der Waals surface area contributed by atoms with Gasteiger partial charge in [-0.15, -0.1) is 11.3 Å². The molecular formula is C22H26N2O7S2. The summed E-state index contributed by atoms with van der Waals surface area (Å²) in [5.74, 6) is -2.98. The van der Waals surface area contributed by atoms with Gasteiger partial charge in [0.1, 0.15) is 11.6 Å². The van der Waals surface area contributed by atoms with Gasteiger partial charge in [0, 0.05) is 16.4 Å². The molecule has 0 aliphatic carbocycles. The number of hydrogen-bond donors (Lipinski definition) is 4. The molecule has 1 aromatic carbocycles. The molecule has 2 rings (SSSR count). The Morgan fingerprint density at radius 3 is 2.21 bits per heavy atom. The smallest absolute Gasteiger partial charge is 0.408 e. The first kappa shape index (κ1) is 26.2. The minimum absolute atomic E-state index is 0.00812. The Morgan fingerprint density at radius 2 is 1.67 bits per heavy atom. The Balaban J connectivity index is 2.03. The summed E-state index contributed by atoms with van der Waals surface area (Å²) in [6.45, 7) is 5.26. The van der Waals surface area contributed by atoms with Gasteiger partial charge in [0.25, 0.3) is 5.91 Å². The molecular weight excluding hydrogens is 468 g/mol. The van der Waals surface area contributed by atoms with Gasteiger partial charge in [-0.1, -0.05) is 18.2 Å². The van der Waals surface area contributed by atoms with Gasteiger partial charge < -0.3 is 25.6 Å². The first-order chi connectivity index (χ1) is 15.5. The van der Waals surface area contributed by atoms with Crippen LogP contribution in [0, 0.1) is 0 Å². The zero-order valence-electron chi connectivity index (χ0n) is 18.4. The summed E-state index contributed by atoms with van der Waals surface area (Å²) in [5, 5.41) is 25.8. The highest BCUT2D eigenvalue weighted by molar-refractivity contribution is 7.99. The highest BCUT2D eigenvalue weighted by atomic mass is 32.2. The second-order valence-electron chi connectivity index (χ2n) is 7.97. The van der Waals surface area contributed by atoms with Crippen molar-refractivity contribution in [3.8, 4) is 0 Å². The SMILES string of the molecule is CC(C)(C)OC(=O)N[C@@H](CSC[C@H](NC(=O)c1ccccc1C(=O)O)C(=O)O)c1cccs1. The molecule has 0 spiro atoms. The molecule has 0 aliphatic heterocycles. The van der Waals surface area contributed by atoms with Gasteiger partial charge in [-0.3, -0.25) is 4.79 Å². The average Bonchev–Trinajstić information content (AvgIpc) is 3.25. The van der Waals surface area contributed by atoms with Crippen molar-refractivity contribution in [2.75, 3.05) is 11.5 Å². The predicted octanol–water partition coefficient (Wildman–Crippen LogP) is 3.63. The summed E-state index contributed by atoms with van der Waals surface area (Å²) >= 11 is 2.67. The molecule has 0 saturated heterocycles. The second-order valence-corrected chi connectivity index (χ2v) is 10.0. The number of thioether (sulfide) groups is 1. The number of amides is 2. The number of hydrogen-bond acceptors (Lipinski definition) is 7. The Bertz CT molecular complexity index is 987. The lowest BCUT2D eigenvalue weighted by Crippen LogP contribution is -2.43. The number of rotatable bonds is 10. The Hall–Kier alpha value is -3.05. The van der Waals surface area contributed by atoms with Crippen LogP contribution in [0.25, 0.3) is 0 Å². The Kier molecular flexibility index (Phi) is 9.30. The van der Waals surface area contributed by atoms with Crippen molar-refractivity contribution in [3.63, 3.8) is 0 Å². The minimum atomic E-state index is -1.28. The summed E-state index contributed by atoms with van der Waals surface area (Å²) < 4.78 is 5.31. The van der Waals surface area contributed by atoms with Crippen molar-refractivity contribution in [3.05, 3.63) is 57.8 Å². The van der Waals surface area contributed by atoms with Gasteiger partial charge in [-0.2, -0.15) is 11.8 Å². The van der Waals surface area contributed by atoms with E-state index in [2.05, 4.69) is 10.6 Å². The van der Waals surface area contributed by atoms with Crippen LogP contribution in [-0.4, -0.2) is 57.3 Å². The number of benzene rings is 1. The fourth-order valence-electron chi connectivity index (χ4n) is 2.72. The molecule has 4 N–H and O–H groups in total. The van der Waals surface area contributed by atoms with Crippen LogP contribution >= 0.6 is 23.1 Å². The molecule has 2 amide bonds. The zero-order valence-corrected chi connectivity index (χ0v) is 20.0. The molecule has 2 atom stereocenters. The molecule has 33 heavy (non-hydrogen) atoms. The number of aromatic carboxylic acids is 1. The van der Waals surface area contributed by atoms with Gasteiger partial charge in [-0.05, 0) is 44.4 Å². The van der Waals surface area contributed by atoms with Gasteiger partial charge in [0.15, 0.2) is 0 Å². The van der Waals surface area contributed by atoms with E-state index in [-0.39, 0.29) is 16.9 Å². The molecule has 0 unspecified atom stereocenters. The predicted molar refractivity (Wildman–Crippen MR) is 126 cm³/mol. The maximum absolute atomic E-state index is 12.5. The monoisotopic (exact) mass is 494 g/mol. The molecule has 9 nitrogen and oxygen atoms in total. The number of alkyl carbamates (subject to hydrolysis) is 1. The van der Waals surface area contributed by atoms with Crippen molar-refractivity contribution < 1.29 is 34.1 Å². The maximum atomic E-state index is 12.5. The Labute approximate surface area is 199 Å². The quantitative estimate of drug-likeness (QED) is 0.392. The number of carbonyl (C=O) groups is 4. The number of ether oxygens (including phenoxy) is 1. The van der Waals surface area contributed by atoms with Crippen LogP contribution in [0.4, 0.5) is 4.79 Å². The third-order valence-corrected chi connectivity index (χ3v) is 6.28. The average molecular weight is 495 g/mol. The van der Waals surface area contributed by atoms with Crippen LogP contribution in [0.1, 0.15) is 52.4 Å². The van der Waals surface area contributed by atoms with Crippen LogP contribution in [-0.2, 0) is 9.53 Å². The van der Waals surface area contributed by atoms with E-state index in [0.717, 1.165) is 4.88 Å². The van der Waals surface area contributed by atoms with E-state index in [4.69, 9.17) is 4.74 Å². The lowest BCUT2D eigenvalue weighted by molar-refractivity contribution is -0.138. The number of aliphatic carboxylic acids is 1. The highest BCUT2D eigenvalue weighted by Gasteiger charge is 2.25. The normalized spacial score (nSPS) is 12.9. The fourth-order valence-corrected chi connectivity index (χ4v) is 4.70. The number of carboxylic acid groups (broad SMARTS) is 2. The number of carboxylic acids is 2. The van der Waals surface area contributed by atoms with Crippen LogP contribution in [0.5, 0.6) is 0 Å². The van der Waals surface area contributed by atoms with Gasteiger partial charge in [0.2, 0.25) is 0 Å². The molecule has 0 saturated carbocycles. The minimum Gasteiger partial charge on any atom is -0.480 e. The molecule has 1 heterocycles. The molecule has 0 radical (unpaired) electrons. The standard InChI is InChI=1S/C22H26N2O7S2/c1-22(2,3)31-21(30)24-15(17-9-6-10-33-17)11-32-12-16(20(28)29)23-18(25)13-7-4-5-8-14(13)19(26)27/h4-10,15-16H,11-12H2,1-3H3,(H,23,25)(H,24,30)(H,26,27)(H,28,29)/t15-,16-/m0/s1. The van der Waals surface area contributed by atoms with Gasteiger partial charge >= 0.3 is 18.0 Å². The molecule has 178 valence electrons. The summed E-state index contributed by atoms with van der Waals surface area (Å²) in [4.78, 5) is 48.7. The van der Waals surface area contributed by atoms with Crippen molar-refractivity contribution in [2.45, 2.75) is 38.5 Å². The fraction of sp³-hybridized carbons (Fsp3) is 0.364. The van der Waals surface area contributed by atoms with Crippen molar-refractivity contribution in [2.24, 2.45) is 0 Å². The molecule has 11 heteroatoms. The largest absolute Gasteiger partial charge is 0.480 e. The van der Waals surface area contributed by atoms with E-state index >= 15 is 0 Å². The Morgan fingerprint density at radius 1 is 1.00 bits per heavy atom. The lowest BCUT2D eigenvalue weighted by Gasteiger charge is -2.23. The summed E-state index contributed by atoms with van der Waals surface area (Å²) in [5.41, 5.74) is -1.00. The van der Waals surface area contributed by atoms with Crippen molar-refractivity contribution >= 4 is 47.0 Å². The van der Waals surface area contributed by atoms with E-state index in [1.807, 2.05) is 17.5 Å². The van der Waals surface area contributed by atoms with E-state index in [0.29, 0.717) is 5.75 Å². The molecule has 0 aliphatic rings. The first-order valence-electron chi connectivity index (χ1n) is 9.94. The number of carbonyl (C=O) groups excluding carboxylic acids is 2. The lowest BCUT2D eigenvalue weighted by atomic mass is 10.1. The number of nitrogens with one attached hydrogen (secondary N) is 2. The first-order valence-corrected chi connectivity index (χ1v) is 12.0. The van der Waals surface area contributed by atoms with Crippen LogP contribution in [0.15, 0.2) is 41.8 Å². The maximum Gasteiger partial charge on any atom is 0.408 e. The molecule has 2 aromatic rings. The van der Waals surface area contributed by atoms with E-state index in [9.17, 15) is 29.4 Å². The van der Waals surface area contributed by atoms with Gasteiger partial charge in [0.05, 0.1) is 17.2 Å². The molecule has 0 bridgehead atoms. The number of thiophene rings is 1. The summed E-state index contributed by atoms with van der Waals surface area (Å²) in [6, 6.07) is 7.60. The topological polar surface area (TPSA) is 142 Å². The zero-order chi connectivity index (χ0) is 24.6. The van der Waals surface area contributed by atoms with E-state index < -0.39 is 41.6 Å². The van der Waals surface area contributed by atoms with Crippen LogP contribution < -0.4 is 10.6 Å². The summed E-state index contributed by atoms with van der Waals surface area (Å²) in [7, 11) is 0. The highest BCUT2D eigenvalue weighted by Crippen LogP contribution is 2.24. The second kappa shape index (κ2) is 11.7. The summed E-state index contributed by atoms with van der Waals surface area (Å²) in [6.07, 6.45) is -0.588. The van der Waals surface area contributed by atoms with E-state index in [1.54, 1.807) is 20.8 Å². The molecule has 0 fully saturated rings. The van der Waals surface area contributed by atoms with Gasteiger partial charge in [-0.25, -0.2) is 14.4 Å². The van der Waals surface area contributed by atoms with E-state index in [1.165, 1.54) is 47.4 Å². The third kappa shape index (κ3) is 8.43.